The van der Waals surface area contributed by atoms with Crippen molar-refractivity contribution < 1.29 is 27.5 Å². The molecule has 5 atom stereocenters. The van der Waals surface area contributed by atoms with Crippen molar-refractivity contribution in [2.24, 2.45) is 17.3 Å². The molecule has 11 heteroatoms. The molecule has 272 valence electrons. The number of rotatable bonds is 8. The zero-order valence-electron chi connectivity index (χ0n) is 30.0. The Kier molecular flexibility index (Phi) is 9.62. The van der Waals surface area contributed by atoms with E-state index in [1.165, 1.54) is 0 Å². The van der Waals surface area contributed by atoms with E-state index in [9.17, 15) is 22.8 Å². The molecule has 3 aromatic rings. The molecule has 3 heterocycles. The highest BCUT2D eigenvalue weighted by atomic mass is 32.2. The molecule has 1 saturated heterocycles. The van der Waals surface area contributed by atoms with Crippen LogP contribution in [-0.4, -0.2) is 63.9 Å². The number of para-hydroxylation sites is 2. The van der Waals surface area contributed by atoms with Crippen molar-refractivity contribution >= 4 is 38.7 Å². The highest BCUT2D eigenvalue weighted by Crippen LogP contribution is 2.57. The summed E-state index contributed by atoms with van der Waals surface area (Å²) in [7, 11) is -3.89. The van der Waals surface area contributed by atoms with Gasteiger partial charge in [-0.1, -0.05) is 67.0 Å². The van der Waals surface area contributed by atoms with Gasteiger partial charge in [0.2, 0.25) is 21.8 Å². The number of ether oxygens (including phenoxy) is 1. The third-order valence-electron chi connectivity index (χ3n) is 11.7. The monoisotopic (exact) mass is 714 g/mol. The Bertz CT molecular complexity index is 1970. The lowest BCUT2D eigenvalue weighted by atomic mass is 9.89. The number of hydrogen-bond donors (Lipinski definition) is 1. The molecule has 0 bridgehead atoms. The summed E-state index contributed by atoms with van der Waals surface area (Å²) < 4.78 is 36.3. The van der Waals surface area contributed by atoms with E-state index in [1.807, 2.05) is 60.9 Å². The summed E-state index contributed by atoms with van der Waals surface area (Å²) in [6.45, 7) is 6.58. The predicted octanol–water partition coefficient (Wildman–Crippen LogP) is 6.06. The van der Waals surface area contributed by atoms with E-state index >= 15 is 0 Å². The molecule has 4 aliphatic rings. The van der Waals surface area contributed by atoms with Crippen LogP contribution in [0.3, 0.4) is 0 Å². The molecule has 51 heavy (non-hydrogen) atoms. The van der Waals surface area contributed by atoms with Crippen LogP contribution in [0.1, 0.15) is 89.2 Å². The van der Waals surface area contributed by atoms with Gasteiger partial charge in [0.15, 0.2) is 5.78 Å². The van der Waals surface area contributed by atoms with E-state index in [-0.39, 0.29) is 42.9 Å². The second kappa shape index (κ2) is 13.9. The SMILES string of the molecule is CCn1c(O[C@@H]2C[C@H]3C(=O)C[C@]4(C(=O)NS(=O)(=O)C5(C)CC5)C[C@H]4/C=C\CCCCC[C@H](Cc4cccc(C)c4)C(=O)N3C2)nc2ccccc21. The van der Waals surface area contributed by atoms with E-state index < -0.39 is 38.2 Å². The molecular weight excluding hydrogens is 665 g/mol. The van der Waals surface area contributed by atoms with Gasteiger partial charge < -0.3 is 9.64 Å². The number of aromatic nitrogens is 2. The number of benzene rings is 2. The first kappa shape index (κ1) is 35.4. The van der Waals surface area contributed by atoms with Gasteiger partial charge in [-0.25, -0.2) is 8.42 Å². The third-order valence-corrected chi connectivity index (χ3v) is 13.9. The third kappa shape index (κ3) is 7.10. The normalized spacial score (nSPS) is 28.6. The number of ketones is 1. The number of hydrogen-bond acceptors (Lipinski definition) is 7. The summed E-state index contributed by atoms with van der Waals surface area (Å²) in [4.78, 5) is 49.6. The maximum Gasteiger partial charge on any atom is 0.297 e. The zero-order valence-corrected chi connectivity index (χ0v) is 30.8. The average molecular weight is 715 g/mol. The van der Waals surface area contributed by atoms with Crippen LogP contribution in [0.4, 0.5) is 0 Å². The summed E-state index contributed by atoms with van der Waals surface area (Å²) in [6.07, 6.45) is 9.98. The average Bonchev–Trinajstić information content (AvgIpc) is 3.92. The topological polar surface area (TPSA) is 128 Å². The molecule has 0 spiro atoms. The van der Waals surface area contributed by atoms with Gasteiger partial charge in [-0.05, 0) is 89.3 Å². The lowest BCUT2D eigenvalue weighted by Gasteiger charge is -2.29. The van der Waals surface area contributed by atoms with Crippen LogP contribution in [0.2, 0.25) is 0 Å². The van der Waals surface area contributed by atoms with E-state index in [2.05, 4.69) is 22.9 Å². The van der Waals surface area contributed by atoms with Gasteiger partial charge in [-0.15, -0.1) is 0 Å². The molecule has 7 rings (SSSR count). The number of nitrogens with zero attached hydrogens (tertiary/aromatic N) is 3. The minimum Gasteiger partial charge on any atom is -0.459 e. The summed E-state index contributed by atoms with van der Waals surface area (Å²) in [6, 6.07) is 15.7. The number of sulfonamides is 1. The molecule has 1 aromatic heterocycles. The molecule has 0 unspecified atom stereocenters. The molecule has 3 fully saturated rings. The first-order chi connectivity index (χ1) is 24.4. The van der Waals surface area contributed by atoms with Crippen LogP contribution in [0, 0.1) is 24.2 Å². The Balaban J connectivity index is 1.20. The number of imidazole rings is 1. The fraction of sp³-hybridized carbons (Fsp3) is 0.550. The molecule has 2 amide bonds. The van der Waals surface area contributed by atoms with Gasteiger partial charge in [0.1, 0.15) is 6.10 Å². The number of amides is 2. The van der Waals surface area contributed by atoms with Crippen molar-refractivity contribution in [3.05, 3.63) is 71.8 Å². The van der Waals surface area contributed by atoms with Crippen molar-refractivity contribution in [2.45, 2.75) is 115 Å². The highest BCUT2D eigenvalue weighted by Gasteiger charge is 2.62. The summed E-state index contributed by atoms with van der Waals surface area (Å²) in [5, 5.41) is 0. The summed E-state index contributed by atoms with van der Waals surface area (Å²) in [5.74, 6) is -1.49. The fourth-order valence-electron chi connectivity index (χ4n) is 8.14. The first-order valence-corrected chi connectivity index (χ1v) is 20.2. The van der Waals surface area contributed by atoms with E-state index in [0.29, 0.717) is 44.7 Å². The number of nitrogens with one attached hydrogen (secondary N) is 1. The summed E-state index contributed by atoms with van der Waals surface area (Å²) >= 11 is 0. The van der Waals surface area contributed by atoms with Crippen LogP contribution < -0.4 is 9.46 Å². The predicted molar refractivity (Wildman–Crippen MR) is 195 cm³/mol. The number of carbonyl (C=O) groups is 3. The van der Waals surface area contributed by atoms with E-state index in [0.717, 1.165) is 47.8 Å². The Morgan fingerprint density at radius 3 is 2.65 bits per heavy atom. The van der Waals surface area contributed by atoms with Gasteiger partial charge in [0.25, 0.3) is 6.01 Å². The van der Waals surface area contributed by atoms with E-state index in [4.69, 9.17) is 9.72 Å². The van der Waals surface area contributed by atoms with Crippen molar-refractivity contribution in [1.82, 2.24) is 19.2 Å². The fourth-order valence-corrected chi connectivity index (χ4v) is 9.47. The second-order valence-electron chi connectivity index (χ2n) is 15.6. The molecule has 2 saturated carbocycles. The zero-order chi connectivity index (χ0) is 36.0. The number of allylic oxidation sites excluding steroid dienone is 2. The smallest absolute Gasteiger partial charge is 0.297 e. The van der Waals surface area contributed by atoms with Gasteiger partial charge in [-0.3, -0.25) is 23.7 Å². The van der Waals surface area contributed by atoms with Crippen LogP contribution in [-0.2, 0) is 37.4 Å². The van der Waals surface area contributed by atoms with Gasteiger partial charge in [-0.2, -0.15) is 4.98 Å². The van der Waals surface area contributed by atoms with Gasteiger partial charge in [0, 0.05) is 25.3 Å². The minimum absolute atomic E-state index is 0.0759. The molecule has 1 N–H and O–H groups in total. The molecule has 2 aliphatic carbocycles. The molecule has 10 nitrogen and oxygen atoms in total. The van der Waals surface area contributed by atoms with Crippen LogP contribution >= 0.6 is 0 Å². The number of carbonyl (C=O) groups excluding carboxylic acids is 3. The van der Waals surface area contributed by atoms with E-state index in [1.54, 1.807) is 11.8 Å². The largest absolute Gasteiger partial charge is 0.459 e. The van der Waals surface area contributed by atoms with Crippen molar-refractivity contribution in [2.75, 3.05) is 6.54 Å². The van der Waals surface area contributed by atoms with Crippen molar-refractivity contribution in [1.29, 1.82) is 0 Å². The van der Waals surface area contributed by atoms with Gasteiger partial charge >= 0.3 is 0 Å². The van der Waals surface area contributed by atoms with Crippen LogP contribution in [0.5, 0.6) is 6.01 Å². The summed E-state index contributed by atoms with van der Waals surface area (Å²) in [5.41, 5.74) is 2.80. The second-order valence-corrected chi connectivity index (χ2v) is 17.8. The lowest BCUT2D eigenvalue weighted by Crippen LogP contribution is -2.47. The van der Waals surface area contributed by atoms with Crippen molar-refractivity contribution in [3.8, 4) is 6.01 Å². The van der Waals surface area contributed by atoms with Gasteiger partial charge in [0.05, 0.1) is 33.8 Å². The Morgan fingerprint density at radius 1 is 1.08 bits per heavy atom. The Hall–Kier alpha value is -3.99. The first-order valence-electron chi connectivity index (χ1n) is 18.7. The maximum atomic E-state index is 14.7. The number of fused-ring (bicyclic) bond motifs is 3. The number of Topliss-reactive ketones (excluding diaryl/α,β-unsaturated/α-hetero) is 1. The molecular formula is C40H50N4O6S. The quantitative estimate of drug-likeness (QED) is 0.281. The maximum absolute atomic E-state index is 14.7. The lowest BCUT2D eigenvalue weighted by molar-refractivity contribution is -0.142. The number of aryl methyl sites for hydroxylation is 2. The van der Waals surface area contributed by atoms with Crippen molar-refractivity contribution in [3.63, 3.8) is 0 Å². The minimum atomic E-state index is -3.89. The Morgan fingerprint density at radius 2 is 1.88 bits per heavy atom. The highest BCUT2D eigenvalue weighted by molar-refractivity contribution is 7.91. The van der Waals surface area contributed by atoms with Crippen LogP contribution in [0.25, 0.3) is 11.0 Å². The Labute approximate surface area is 301 Å². The standard InChI is InChI=1S/C40H50N4O6S/c1-4-43-33-18-11-10-17-32(33)41-38(43)50-31-23-34-35(45)25-40(37(47)42-51(48,49)39(3)19-20-39)24-30(40)16-9-7-5-6-8-15-29(36(46)44(34)26-31)22-28-14-12-13-27(2)21-28/h9-14,16-18,21,29-31,34H,4-8,15,19-20,22-26H2,1-3H3,(H,42,47)/b16-9-/t29-,30-,31-,34+,40-/m1/s1. The molecule has 0 radical (unpaired) electrons. The molecule has 2 aromatic carbocycles. The van der Waals surface area contributed by atoms with Crippen LogP contribution in [0.15, 0.2) is 60.7 Å². The molecule has 2 aliphatic heterocycles.